The normalized spacial score (nSPS) is 16.0. The monoisotopic (exact) mass is 472 g/mol. The zero-order valence-electron chi connectivity index (χ0n) is 17.9. The van der Waals surface area contributed by atoms with Gasteiger partial charge in [-0.25, -0.2) is 0 Å². The smallest absolute Gasteiger partial charge is 0.174 e. The van der Waals surface area contributed by atoms with Crippen molar-refractivity contribution in [1.82, 2.24) is 9.80 Å². The first kappa shape index (κ1) is 27.1. The van der Waals surface area contributed by atoms with Crippen LogP contribution in [0.15, 0.2) is 47.8 Å². The SMILES string of the molecule is CC(C)COC(CN1CCN(CCC(=O)c2cccs2)CC1)c1ccccc1.Cl.Cl. The second-order valence-electron chi connectivity index (χ2n) is 7.92. The van der Waals surface area contributed by atoms with Crippen LogP contribution >= 0.6 is 36.2 Å². The second-order valence-corrected chi connectivity index (χ2v) is 8.87. The van der Waals surface area contributed by atoms with E-state index in [9.17, 15) is 4.79 Å². The highest BCUT2D eigenvalue weighted by molar-refractivity contribution is 7.12. The van der Waals surface area contributed by atoms with Crippen LogP contribution in [0.2, 0.25) is 0 Å². The number of Topliss-reactive ketones (excluding diaryl/α,β-unsaturated/α-hetero) is 1. The van der Waals surface area contributed by atoms with Crippen molar-refractivity contribution in [1.29, 1.82) is 0 Å². The number of halogens is 2. The van der Waals surface area contributed by atoms with E-state index in [1.807, 2.05) is 17.5 Å². The minimum atomic E-state index is 0. The number of ketones is 1. The maximum absolute atomic E-state index is 12.2. The lowest BCUT2D eigenvalue weighted by Crippen LogP contribution is -2.48. The predicted octanol–water partition coefficient (Wildman–Crippen LogP) is 5.20. The molecule has 1 saturated heterocycles. The van der Waals surface area contributed by atoms with Crippen LogP contribution in [0, 0.1) is 5.92 Å². The molecule has 1 fully saturated rings. The van der Waals surface area contributed by atoms with Gasteiger partial charge in [0.1, 0.15) is 0 Å². The summed E-state index contributed by atoms with van der Waals surface area (Å²) in [6.45, 7) is 11.0. The van der Waals surface area contributed by atoms with Gasteiger partial charge in [-0.05, 0) is 22.9 Å². The summed E-state index contributed by atoms with van der Waals surface area (Å²) in [7, 11) is 0. The third-order valence-electron chi connectivity index (χ3n) is 5.14. The second kappa shape index (κ2) is 14.2. The molecule has 0 aliphatic carbocycles. The summed E-state index contributed by atoms with van der Waals surface area (Å²) in [6.07, 6.45) is 0.737. The van der Waals surface area contributed by atoms with Gasteiger partial charge in [-0.15, -0.1) is 36.2 Å². The van der Waals surface area contributed by atoms with Gasteiger partial charge in [-0.3, -0.25) is 9.69 Å². The zero-order chi connectivity index (χ0) is 19.8. The van der Waals surface area contributed by atoms with E-state index < -0.39 is 0 Å². The van der Waals surface area contributed by atoms with E-state index in [1.54, 1.807) is 0 Å². The van der Waals surface area contributed by atoms with Gasteiger partial charge in [0.05, 0.1) is 11.0 Å². The Hall–Kier alpha value is -0.950. The van der Waals surface area contributed by atoms with Crippen LogP contribution in [0.4, 0.5) is 0 Å². The Morgan fingerprint density at radius 3 is 2.27 bits per heavy atom. The molecule has 1 atom stereocenters. The third-order valence-corrected chi connectivity index (χ3v) is 6.05. The first-order chi connectivity index (χ1) is 13.6. The van der Waals surface area contributed by atoms with E-state index in [0.717, 1.165) is 50.8 Å². The number of hydrogen-bond donors (Lipinski definition) is 0. The van der Waals surface area contributed by atoms with E-state index in [0.29, 0.717) is 12.3 Å². The summed E-state index contributed by atoms with van der Waals surface area (Å²) in [5.74, 6) is 0.799. The number of carbonyl (C=O) groups is 1. The van der Waals surface area contributed by atoms with Gasteiger partial charge in [-0.1, -0.05) is 50.2 Å². The van der Waals surface area contributed by atoms with Crippen LogP contribution in [0.1, 0.15) is 41.6 Å². The maximum atomic E-state index is 12.2. The minimum absolute atomic E-state index is 0. The first-order valence-corrected chi connectivity index (χ1v) is 11.2. The lowest BCUT2D eigenvalue weighted by atomic mass is 10.1. The van der Waals surface area contributed by atoms with Crippen LogP contribution in [-0.2, 0) is 4.74 Å². The highest BCUT2D eigenvalue weighted by Gasteiger charge is 2.22. The van der Waals surface area contributed by atoms with Gasteiger partial charge in [0.15, 0.2) is 5.78 Å². The molecule has 2 aromatic rings. The van der Waals surface area contributed by atoms with Crippen molar-refractivity contribution in [2.24, 2.45) is 5.92 Å². The van der Waals surface area contributed by atoms with Gasteiger partial charge >= 0.3 is 0 Å². The molecule has 0 bridgehead atoms. The summed E-state index contributed by atoms with van der Waals surface area (Å²) in [5, 5.41) is 1.97. The average molecular weight is 474 g/mol. The van der Waals surface area contributed by atoms with Crippen molar-refractivity contribution in [3.8, 4) is 0 Å². The largest absolute Gasteiger partial charge is 0.372 e. The van der Waals surface area contributed by atoms with E-state index in [2.05, 4.69) is 54.0 Å². The van der Waals surface area contributed by atoms with Gasteiger partial charge in [0, 0.05) is 52.3 Å². The number of nitrogens with zero attached hydrogens (tertiary/aromatic N) is 2. The molecule has 1 aromatic carbocycles. The number of hydrogen-bond acceptors (Lipinski definition) is 5. The van der Waals surface area contributed by atoms with Crippen molar-refractivity contribution in [2.45, 2.75) is 26.4 Å². The number of thiophene rings is 1. The summed E-state index contributed by atoms with van der Waals surface area (Å²) < 4.78 is 6.24. The molecule has 1 unspecified atom stereocenters. The molecule has 1 aliphatic heterocycles. The van der Waals surface area contributed by atoms with Crippen molar-refractivity contribution in [3.05, 3.63) is 58.3 Å². The Kier molecular flexibility index (Phi) is 12.8. The third kappa shape index (κ3) is 8.66. The molecule has 7 heteroatoms. The topological polar surface area (TPSA) is 32.8 Å². The van der Waals surface area contributed by atoms with Gasteiger partial charge in [-0.2, -0.15) is 0 Å². The van der Waals surface area contributed by atoms with E-state index >= 15 is 0 Å². The van der Waals surface area contributed by atoms with Crippen LogP contribution < -0.4 is 0 Å². The van der Waals surface area contributed by atoms with Crippen molar-refractivity contribution in [2.75, 3.05) is 45.9 Å². The van der Waals surface area contributed by atoms with Crippen LogP contribution in [0.5, 0.6) is 0 Å². The molecular weight excluding hydrogens is 439 g/mol. The summed E-state index contributed by atoms with van der Waals surface area (Å²) in [4.78, 5) is 18.0. The van der Waals surface area contributed by atoms with E-state index in [1.165, 1.54) is 16.9 Å². The molecule has 0 saturated carbocycles. The zero-order valence-corrected chi connectivity index (χ0v) is 20.3. The summed E-state index contributed by atoms with van der Waals surface area (Å²) >= 11 is 1.54. The summed E-state index contributed by atoms with van der Waals surface area (Å²) in [6, 6.07) is 14.4. The minimum Gasteiger partial charge on any atom is -0.372 e. The molecule has 0 radical (unpaired) electrons. The highest BCUT2D eigenvalue weighted by Crippen LogP contribution is 2.21. The molecule has 1 aromatic heterocycles. The van der Waals surface area contributed by atoms with Crippen molar-refractivity contribution >= 4 is 41.9 Å². The van der Waals surface area contributed by atoms with Gasteiger partial charge < -0.3 is 9.64 Å². The number of piperazine rings is 1. The van der Waals surface area contributed by atoms with Crippen molar-refractivity contribution < 1.29 is 9.53 Å². The fraction of sp³-hybridized carbons (Fsp3) is 0.522. The van der Waals surface area contributed by atoms with Gasteiger partial charge in [0.25, 0.3) is 0 Å². The van der Waals surface area contributed by atoms with Crippen molar-refractivity contribution in [3.63, 3.8) is 0 Å². The molecule has 3 rings (SSSR count). The van der Waals surface area contributed by atoms with E-state index in [4.69, 9.17) is 4.74 Å². The standard InChI is InChI=1S/C23H32N2O2S.2ClH/c1-19(2)18-27-22(20-7-4-3-5-8-20)17-25-14-12-24(13-15-25)11-10-21(26)23-9-6-16-28-23;;/h3-9,16,19,22H,10-15,17-18H2,1-2H3;2*1H. The maximum Gasteiger partial charge on any atom is 0.174 e. The van der Waals surface area contributed by atoms with Gasteiger partial charge in [0.2, 0.25) is 0 Å². The Morgan fingerprint density at radius 1 is 1.00 bits per heavy atom. The Labute approximate surface area is 197 Å². The molecule has 0 N–H and O–H groups in total. The van der Waals surface area contributed by atoms with E-state index in [-0.39, 0.29) is 36.7 Å². The molecule has 30 heavy (non-hydrogen) atoms. The Balaban J connectivity index is 0.00000225. The Morgan fingerprint density at radius 2 is 1.67 bits per heavy atom. The quantitative estimate of drug-likeness (QED) is 0.445. The fourth-order valence-corrected chi connectivity index (χ4v) is 4.18. The molecule has 168 valence electrons. The molecule has 4 nitrogen and oxygen atoms in total. The molecule has 2 heterocycles. The highest BCUT2D eigenvalue weighted by atomic mass is 35.5. The predicted molar refractivity (Wildman–Crippen MR) is 131 cm³/mol. The van der Waals surface area contributed by atoms with Crippen LogP contribution in [0.3, 0.4) is 0 Å². The molecule has 1 aliphatic rings. The fourth-order valence-electron chi connectivity index (χ4n) is 3.48. The molecule has 0 spiro atoms. The van der Waals surface area contributed by atoms with Crippen LogP contribution in [0.25, 0.3) is 0 Å². The lowest BCUT2D eigenvalue weighted by Gasteiger charge is -2.36. The number of rotatable bonds is 10. The molecular formula is C23H34Cl2N2O2S. The lowest BCUT2D eigenvalue weighted by molar-refractivity contribution is 0.000656. The Bertz CT molecular complexity index is 705. The number of carbonyl (C=O) groups excluding carboxylic acids is 1. The average Bonchev–Trinajstić information content (AvgIpc) is 3.26. The summed E-state index contributed by atoms with van der Waals surface area (Å²) in [5.41, 5.74) is 1.26. The number of ether oxygens (including phenoxy) is 1. The molecule has 0 amide bonds. The van der Waals surface area contributed by atoms with Crippen LogP contribution in [-0.4, -0.2) is 61.5 Å². The number of benzene rings is 1. The first-order valence-electron chi connectivity index (χ1n) is 10.3.